The fraction of sp³-hybridized carbons (Fsp3) is 0.286. The summed E-state index contributed by atoms with van der Waals surface area (Å²) in [7, 11) is 1.61. The van der Waals surface area contributed by atoms with E-state index in [0.717, 1.165) is 11.3 Å². The number of rotatable bonds is 8. The molecule has 0 heterocycles. The molecule has 0 spiro atoms. The molecule has 0 aliphatic heterocycles. The van der Waals surface area contributed by atoms with E-state index in [2.05, 4.69) is 5.32 Å². The van der Waals surface area contributed by atoms with Gasteiger partial charge in [0.1, 0.15) is 12.3 Å². The van der Waals surface area contributed by atoms with Crippen molar-refractivity contribution in [1.29, 1.82) is 0 Å². The van der Waals surface area contributed by atoms with E-state index in [1.54, 1.807) is 31.4 Å². The van der Waals surface area contributed by atoms with Crippen molar-refractivity contribution >= 4 is 23.3 Å². The second-order valence-electron chi connectivity index (χ2n) is 6.12. The quantitative estimate of drug-likeness (QED) is 0.727. The lowest BCUT2D eigenvalue weighted by Gasteiger charge is -2.21. The van der Waals surface area contributed by atoms with Crippen molar-refractivity contribution in [2.75, 3.05) is 25.1 Å². The van der Waals surface area contributed by atoms with Gasteiger partial charge in [-0.15, -0.1) is 0 Å². The van der Waals surface area contributed by atoms with Crippen LogP contribution in [-0.2, 0) is 16.0 Å². The number of anilines is 1. The van der Waals surface area contributed by atoms with Crippen molar-refractivity contribution in [3.63, 3.8) is 0 Å². The molecular formula is C21H24N2O4. The predicted octanol–water partition coefficient (Wildman–Crippen LogP) is 2.61. The Bertz CT molecular complexity index is 832. The van der Waals surface area contributed by atoms with Crippen LogP contribution in [0.4, 0.5) is 5.69 Å². The molecule has 142 valence electrons. The number of amides is 2. The number of carbonyl (C=O) groups excluding carboxylic acids is 3. The Morgan fingerprint density at radius 2 is 1.78 bits per heavy atom. The van der Waals surface area contributed by atoms with Gasteiger partial charge in [0, 0.05) is 24.7 Å². The second kappa shape index (κ2) is 9.52. The first-order valence-corrected chi connectivity index (χ1v) is 8.70. The van der Waals surface area contributed by atoms with Gasteiger partial charge in [0.05, 0.1) is 7.11 Å². The number of ketones is 1. The molecule has 0 saturated heterocycles. The zero-order valence-electron chi connectivity index (χ0n) is 15.8. The molecule has 1 N–H and O–H groups in total. The third-order valence-corrected chi connectivity index (χ3v) is 4.16. The van der Waals surface area contributed by atoms with Gasteiger partial charge < -0.3 is 15.0 Å². The van der Waals surface area contributed by atoms with Crippen LogP contribution in [0, 0.1) is 0 Å². The summed E-state index contributed by atoms with van der Waals surface area (Å²) in [5, 5.41) is 2.82. The summed E-state index contributed by atoms with van der Waals surface area (Å²) in [5.74, 6) is 0.142. The van der Waals surface area contributed by atoms with Crippen molar-refractivity contribution in [3.8, 4) is 5.75 Å². The van der Waals surface area contributed by atoms with Gasteiger partial charge in [-0.2, -0.15) is 0 Å². The highest BCUT2D eigenvalue weighted by Gasteiger charge is 2.16. The van der Waals surface area contributed by atoms with Crippen LogP contribution in [0.1, 0.15) is 29.8 Å². The Morgan fingerprint density at radius 3 is 2.44 bits per heavy atom. The van der Waals surface area contributed by atoms with E-state index in [4.69, 9.17) is 4.74 Å². The molecule has 0 aliphatic rings. The van der Waals surface area contributed by atoms with Gasteiger partial charge in [-0.3, -0.25) is 14.4 Å². The normalized spacial score (nSPS) is 10.2. The Hall–Kier alpha value is -3.15. The Labute approximate surface area is 159 Å². The van der Waals surface area contributed by atoms with Crippen LogP contribution < -0.4 is 15.0 Å². The molecule has 2 aromatic rings. The molecule has 0 unspecified atom stereocenters. The maximum Gasteiger partial charge on any atom is 0.240 e. The van der Waals surface area contributed by atoms with E-state index in [1.807, 2.05) is 24.3 Å². The van der Waals surface area contributed by atoms with E-state index in [-0.39, 0.29) is 24.1 Å². The highest BCUT2D eigenvalue weighted by atomic mass is 16.5. The van der Waals surface area contributed by atoms with Crippen LogP contribution in [-0.4, -0.2) is 37.8 Å². The van der Waals surface area contributed by atoms with Crippen LogP contribution in [0.2, 0.25) is 0 Å². The predicted molar refractivity (Wildman–Crippen MR) is 104 cm³/mol. The Balaban J connectivity index is 1.98. The molecule has 2 rings (SSSR count). The number of para-hydroxylation sites is 1. The monoisotopic (exact) mass is 368 g/mol. The van der Waals surface area contributed by atoms with Crippen LogP contribution in [0.5, 0.6) is 5.75 Å². The fourth-order valence-electron chi connectivity index (χ4n) is 2.72. The molecule has 0 fully saturated rings. The number of nitrogens with zero attached hydrogens (tertiary/aromatic N) is 1. The number of hydrogen-bond donors (Lipinski definition) is 1. The Kier molecular flexibility index (Phi) is 7.11. The lowest BCUT2D eigenvalue weighted by Crippen LogP contribution is -2.40. The summed E-state index contributed by atoms with van der Waals surface area (Å²) in [6.07, 6.45) is 0.621. The number of Topliss-reactive ketones (excluding diaryl/α,β-unsaturated/α-hetero) is 1. The van der Waals surface area contributed by atoms with Crippen molar-refractivity contribution < 1.29 is 19.1 Å². The third-order valence-electron chi connectivity index (χ3n) is 4.16. The molecule has 6 heteroatoms. The first-order chi connectivity index (χ1) is 12.9. The first-order valence-electron chi connectivity index (χ1n) is 8.70. The zero-order chi connectivity index (χ0) is 19.8. The summed E-state index contributed by atoms with van der Waals surface area (Å²) < 4.78 is 5.29. The van der Waals surface area contributed by atoms with Gasteiger partial charge in [-0.05, 0) is 37.1 Å². The zero-order valence-corrected chi connectivity index (χ0v) is 15.8. The van der Waals surface area contributed by atoms with Crippen molar-refractivity contribution in [2.24, 2.45) is 0 Å². The maximum atomic E-state index is 12.3. The molecule has 6 nitrogen and oxygen atoms in total. The smallest absolute Gasteiger partial charge is 0.240 e. The van der Waals surface area contributed by atoms with Gasteiger partial charge >= 0.3 is 0 Å². The van der Waals surface area contributed by atoms with Crippen LogP contribution in [0.15, 0.2) is 48.5 Å². The molecule has 0 radical (unpaired) electrons. The van der Waals surface area contributed by atoms with Gasteiger partial charge in [-0.25, -0.2) is 0 Å². The van der Waals surface area contributed by atoms with Crippen molar-refractivity contribution in [3.05, 3.63) is 59.7 Å². The summed E-state index contributed by atoms with van der Waals surface area (Å²) in [6, 6.07) is 14.3. The van der Waals surface area contributed by atoms with E-state index >= 15 is 0 Å². The minimum Gasteiger partial charge on any atom is -0.496 e. The standard InChI is InChI=1S/C21H24N2O4/c1-15(24)18-8-6-9-19(13-18)23(16(2)25)14-21(26)22-12-11-17-7-4-5-10-20(17)27-3/h4-10,13H,11-12,14H2,1-3H3,(H,22,26). The summed E-state index contributed by atoms with van der Waals surface area (Å²) >= 11 is 0. The summed E-state index contributed by atoms with van der Waals surface area (Å²) in [6.45, 7) is 3.17. The molecule has 27 heavy (non-hydrogen) atoms. The molecule has 0 saturated carbocycles. The van der Waals surface area contributed by atoms with Crippen LogP contribution in [0.25, 0.3) is 0 Å². The lowest BCUT2D eigenvalue weighted by molar-refractivity contribution is -0.123. The minimum absolute atomic E-state index is 0.0957. The third kappa shape index (κ3) is 5.67. The van der Waals surface area contributed by atoms with Crippen LogP contribution >= 0.6 is 0 Å². The second-order valence-corrected chi connectivity index (χ2v) is 6.12. The number of carbonyl (C=O) groups is 3. The van der Waals surface area contributed by atoms with E-state index in [9.17, 15) is 14.4 Å². The summed E-state index contributed by atoms with van der Waals surface area (Å²) in [4.78, 5) is 37.2. The molecule has 2 amide bonds. The average Bonchev–Trinajstić information content (AvgIpc) is 2.66. The topological polar surface area (TPSA) is 75.7 Å². The number of ether oxygens (including phenoxy) is 1. The summed E-state index contributed by atoms with van der Waals surface area (Å²) in [5.41, 5.74) is 2.02. The minimum atomic E-state index is -0.270. The van der Waals surface area contributed by atoms with Crippen molar-refractivity contribution in [1.82, 2.24) is 5.32 Å². The highest BCUT2D eigenvalue weighted by Crippen LogP contribution is 2.18. The number of hydrogen-bond acceptors (Lipinski definition) is 4. The first kappa shape index (κ1) is 20.2. The van der Waals surface area contributed by atoms with Crippen LogP contribution in [0.3, 0.4) is 0 Å². The highest BCUT2D eigenvalue weighted by molar-refractivity contribution is 6.00. The van der Waals surface area contributed by atoms with E-state index in [0.29, 0.717) is 24.2 Å². The fourth-order valence-corrected chi connectivity index (χ4v) is 2.72. The molecule has 0 atom stereocenters. The van der Waals surface area contributed by atoms with Gasteiger partial charge in [0.15, 0.2) is 5.78 Å². The van der Waals surface area contributed by atoms with E-state index in [1.165, 1.54) is 18.7 Å². The number of benzene rings is 2. The SMILES string of the molecule is COc1ccccc1CCNC(=O)CN(C(C)=O)c1cccc(C(C)=O)c1. The van der Waals surface area contributed by atoms with E-state index < -0.39 is 0 Å². The molecule has 2 aromatic carbocycles. The molecule has 0 aromatic heterocycles. The number of nitrogens with one attached hydrogen (secondary N) is 1. The molecule has 0 bridgehead atoms. The largest absolute Gasteiger partial charge is 0.496 e. The molecular weight excluding hydrogens is 344 g/mol. The van der Waals surface area contributed by atoms with Gasteiger partial charge in [0.25, 0.3) is 0 Å². The Morgan fingerprint density at radius 1 is 1.04 bits per heavy atom. The maximum absolute atomic E-state index is 12.3. The lowest BCUT2D eigenvalue weighted by atomic mass is 10.1. The number of methoxy groups -OCH3 is 1. The van der Waals surface area contributed by atoms with Crippen molar-refractivity contribution in [2.45, 2.75) is 20.3 Å². The average molecular weight is 368 g/mol. The molecule has 0 aliphatic carbocycles. The van der Waals surface area contributed by atoms with Gasteiger partial charge in [0.2, 0.25) is 11.8 Å². The van der Waals surface area contributed by atoms with Gasteiger partial charge in [-0.1, -0.05) is 30.3 Å².